The third-order valence-electron chi connectivity index (χ3n) is 9.53. The van der Waals surface area contributed by atoms with Gasteiger partial charge in [-0.05, 0) is 62.3 Å². The Kier molecular flexibility index (Phi) is 12.4. The van der Waals surface area contributed by atoms with Crippen LogP contribution in [-0.2, 0) is 44.4 Å². The van der Waals surface area contributed by atoms with E-state index in [1.165, 1.54) is 26.5 Å². The lowest BCUT2D eigenvalue weighted by Gasteiger charge is -2.21. The normalized spacial score (nSPS) is 19.0. The zero-order chi connectivity index (χ0) is 36.7. The Morgan fingerprint density at radius 2 is 1.27 bits per heavy atom. The van der Waals surface area contributed by atoms with Crippen molar-refractivity contribution in [1.29, 1.82) is 0 Å². The van der Waals surface area contributed by atoms with Crippen molar-refractivity contribution in [3.05, 3.63) is 68.5 Å². The second kappa shape index (κ2) is 16.9. The Morgan fingerprint density at radius 1 is 0.745 bits per heavy atom. The molecule has 2 aromatic heterocycles. The van der Waals surface area contributed by atoms with Crippen LogP contribution in [0.4, 0.5) is 0 Å². The van der Waals surface area contributed by atoms with E-state index in [1.807, 2.05) is 18.2 Å². The second-order valence-corrected chi connectivity index (χ2v) is 13.0. The van der Waals surface area contributed by atoms with Gasteiger partial charge in [0.1, 0.15) is 18.2 Å². The highest BCUT2D eigenvalue weighted by molar-refractivity contribution is 6.04. The number of ketones is 4. The lowest BCUT2D eigenvalue weighted by atomic mass is 9.92. The van der Waals surface area contributed by atoms with E-state index in [-0.39, 0.29) is 60.6 Å². The number of rotatable bonds is 5. The number of hydrogen-bond donors (Lipinski definition) is 2. The van der Waals surface area contributed by atoms with Crippen LogP contribution in [0.25, 0.3) is 22.1 Å². The summed E-state index contributed by atoms with van der Waals surface area (Å²) in [4.78, 5) is 72.6. The number of ether oxygens (including phenoxy) is 1. The van der Waals surface area contributed by atoms with Gasteiger partial charge in [0, 0.05) is 46.8 Å². The molecular formula is C38H44N4O9. The van der Waals surface area contributed by atoms with Gasteiger partial charge in [-0.25, -0.2) is 9.59 Å². The van der Waals surface area contributed by atoms with E-state index in [0.29, 0.717) is 55.1 Å². The van der Waals surface area contributed by atoms with E-state index in [4.69, 9.17) is 14.9 Å². The van der Waals surface area contributed by atoms with Crippen molar-refractivity contribution < 1.29 is 34.1 Å². The van der Waals surface area contributed by atoms with Crippen molar-refractivity contribution in [1.82, 2.24) is 18.3 Å². The number of aliphatic hydroxyl groups is 2. The standard InChI is InChI=1S/C17H20N2O4.C17H16N2O4.C4H8O/c2*1-18-16-11(5-3-9-20)4-2-6-14(16)19(17(18)23)13-8-7-12(21)10-15(13)22;1-2-4-5-3-1/h2,4,6,13,20H,3,5,7-10H2,1H3;2,4,6,13,20H,7-10H2,1H3;1-4H2. The van der Waals surface area contributed by atoms with Crippen LogP contribution in [-0.4, -0.2) is 78.0 Å². The maximum atomic E-state index is 12.7. The van der Waals surface area contributed by atoms with Crippen LogP contribution in [0.15, 0.2) is 46.0 Å². The summed E-state index contributed by atoms with van der Waals surface area (Å²) in [5.41, 5.74) is 3.84. The number of para-hydroxylation sites is 2. The first-order valence-electron chi connectivity index (χ1n) is 17.3. The van der Waals surface area contributed by atoms with Gasteiger partial charge in [-0.2, -0.15) is 0 Å². The van der Waals surface area contributed by atoms with Gasteiger partial charge in [-0.3, -0.25) is 37.4 Å². The zero-order valence-electron chi connectivity index (χ0n) is 29.1. The molecule has 2 N–H and O–H groups in total. The van der Waals surface area contributed by atoms with Crippen molar-refractivity contribution >= 4 is 45.2 Å². The fourth-order valence-electron chi connectivity index (χ4n) is 7.04. The third kappa shape index (κ3) is 8.04. The fraction of sp³-hybridized carbons (Fsp3) is 0.474. The number of fused-ring (bicyclic) bond motifs is 2. The minimum Gasteiger partial charge on any atom is -0.396 e. The number of carbonyl (C=O) groups excluding carboxylic acids is 4. The summed E-state index contributed by atoms with van der Waals surface area (Å²) in [5, 5.41) is 17.9. The third-order valence-corrected chi connectivity index (χ3v) is 9.53. The minimum absolute atomic E-state index is 0.0526. The quantitative estimate of drug-likeness (QED) is 0.234. The molecule has 2 saturated carbocycles. The molecule has 3 fully saturated rings. The van der Waals surface area contributed by atoms with E-state index in [0.717, 1.165) is 29.8 Å². The molecule has 2 atom stereocenters. The molecule has 51 heavy (non-hydrogen) atoms. The van der Waals surface area contributed by atoms with Crippen LogP contribution in [0.1, 0.15) is 81.0 Å². The molecule has 2 unspecified atom stereocenters. The molecule has 1 aliphatic heterocycles. The van der Waals surface area contributed by atoms with Crippen LogP contribution < -0.4 is 11.4 Å². The zero-order valence-corrected chi connectivity index (χ0v) is 29.1. The molecule has 3 aliphatic rings. The molecule has 2 aromatic carbocycles. The summed E-state index contributed by atoms with van der Waals surface area (Å²) in [7, 11) is 3.33. The summed E-state index contributed by atoms with van der Waals surface area (Å²) in [6.45, 7) is 1.82. The second-order valence-electron chi connectivity index (χ2n) is 13.0. The molecule has 7 rings (SSSR count). The lowest BCUT2D eigenvalue weighted by Crippen LogP contribution is -2.34. The number of aliphatic hydroxyl groups excluding tert-OH is 2. The Bertz CT molecular complexity index is 2130. The largest absolute Gasteiger partial charge is 0.396 e. The highest BCUT2D eigenvalue weighted by Gasteiger charge is 2.33. The molecule has 13 nitrogen and oxygen atoms in total. The van der Waals surface area contributed by atoms with E-state index < -0.39 is 12.1 Å². The number of aromatic nitrogens is 4. The number of carbonyl (C=O) groups is 4. The Hall–Kier alpha value is -4.90. The van der Waals surface area contributed by atoms with Crippen LogP contribution in [0.3, 0.4) is 0 Å². The lowest BCUT2D eigenvalue weighted by molar-refractivity contribution is -0.133. The van der Waals surface area contributed by atoms with Gasteiger partial charge in [0.15, 0.2) is 11.6 Å². The fourth-order valence-corrected chi connectivity index (χ4v) is 7.04. The number of benzene rings is 2. The molecule has 0 bridgehead atoms. The molecule has 0 radical (unpaired) electrons. The predicted molar refractivity (Wildman–Crippen MR) is 190 cm³/mol. The van der Waals surface area contributed by atoms with E-state index in [9.17, 15) is 28.8 Å². The van der Waals surface area contributed by atoms with Gasteiger partial charge >= 0.3 is 11.4 Å². The first-order chi connectivity index (χ1) is 24.6. The van der Waals surface area contributed by atoms with E-state index in [1.54, 1.807) is 36.9 Å². The van der Waals surface area contributed by atoms with E-state index in [2.05, 4.69) is 11.8 Å². The molecule has 0 spiro atoms. The molecule has 13 heteroatoms. The summed E-state index contributed by atoms with van der Waals surface area (Å²) < 4.78 is 11.0. The molecule has 4 aromatic rings. The molecule has 2 aliphatic carbocycles. The van der Waals surface area contributed by atoms with Crippen molar-refractivity contribution in [2.45, 2.75) is 76.3 Å². The predicted octanol–water partition coefficient (Wildman–Crippen LogP) is 2.47. The van der Waals surface area contributed by atoms with Crippen LogP contribution >= 0.6 is 0 Å². The SMILES string of the molecule is C1CCOC1.Cn1c(=O)n(C2CCC(=O)CC2=O)c2cccc(C#CCO)c21.Cn1c(=O)n(C2CCC(=O)CC2=O)c2cccc(CCCO)c21. The summed E-state index contributed by atoms with van der Waals surface area (Å²) in [6, 6.07) is 9.77. The van der Waals surface area contributed by atoms with Crippen molar-refractivity contribution in [2.75, 3.05) is 26.4 Å². The number of nitrogens with zero attached hydrogens (tertiary/aromatic N) is 4. The molecule has 1 saturated heterocycles. The number of aryl methyl sites for hydroxylation is 3. The number of hydrogen-bond acceptors (Lipinski definition) is 9. The van der Waals surface area contributed by atoms with Gasteiger partial charge in [0.2, 0.25) is 0 Å². The Labute approximate surface area is 294 Å². The Morgan fingerprint density at radius 3 is 1.76 bits per heavy atom. The van der Waals surface area contributed by atoms with Crippen molar-refractivity contribution in [2.24, 2.45) is 14.1 Å². The molecule has 3 heterocycles. The highest BCUT2D eigenvalue weighted by atomic mass is 16.5. The highest BCUT2D eigenvalue weighted by Crippen LogP contribution is 2.29. The van der Waals surface area contributed by atoms with Gasteiger partial charge < -0.3 is 14.9 Å². The number of Topliss-reactive ketones (excluding diaryl/α,β-unsaturated/α-hetero) is 4. The monoisotopic (exact) mass is 700 g/mol. The summed E-state index contributed by atoms with van der Waals surface area (Å²) in [5.74, 6) is 4.87. The average Bonchev–Trinajstić information content (AvgIpc) is 3.84. The van der Waals surface area contributed by atoms with Gasteiger partial charge in [-0.15, -0.1) is 0 Å². The average molecular weight is 701 g/mol. The van der Waals surface area contributed by atoms with Crippen molar-refractivity contribution in [3.8, 4) is 11.8 Å². The van der Waals surface area contributed by atoms with Crippen LogP contribution in [0.2, 0.25) is 0 Å². The maximum absolute atomic E-state index is 12.7. The smallest absolute Gasteiger partial charge is 0.329 e. The van der Waals surface area contributed by atoms with Gasteiger partial charge in [0.05, 0.1) is 52.6 Å². The topological polar surface area (TPSA) is 172 Å². The van der Waals surface area contributed by atoms with Gasteiger partial charge in [-0.1, -0.05) is 30.0 Å². The summed E-state index contributed by atoms with van der Waals surface area (Å²) in [6.07, 6.45) is 5.03. The Balaban J connectivity index is 0.000000174. The van der Waals surface area contributed by atoms with E-state index >= 15 is 0 Å². The van der Waals surface area contributed by atoms with Crippen LogP contribution in [0.5, 0.6) is 0 Å². The van der Waals surface area contributed by atoms with Crippen LogP contribution in [0, 0.1) is 11.8 Å². The first-order valence-corrected chi connectivity index (χ1v) is 17.3. The summed E-state index contributed by atoms with van der Waals surface area (Å²) >= 11 is 0. The number of imidazole rings is 2. The molecular weight excluding hydrogens is 656 g/mol. The van der Waals surface area contributed by atoms with Gasteiger partial charge in [0.25, 0.3) is 0 Å². The first kappa shape index (κ1) is 37.4. The maximum Gasteiger partial charge on any atom is 0.329 e. The molecule has 0 amide bonds. The minimum atomic E-state index is -0.607. The molecule has 270 valence electrons. The van der Waals surface area contributed by atoms with Crippen molar-refractivity contribution in [3.63, 3.8) is 0 Å².